The van der Waals surface area contributed by atoms with Crippen LogP contribution in [0.4, 0.5) is 17.3 Å². The fourth-order valence-electron chi connectivity index (χ4n) is 4.35. The lowest BCUT2D eigenvalue weighted by atomic mass is 10.0. The summed E-state index contributed by atoms with van der Waals surface area (Å²) >= 11 is 0.185. The molecule has 0 bridgehead atoms. The van der Waals surface area contributed by atoms with Crippen LogP contribution in [0.2, 0.25) is 0 Å². The number of hydrogen-bond donors (Lipinski definition) is 0. The van der Waals surface area contributed by atoms with E-state index in [0.29, 0.717) is 0 Å². The molecule has 0 aliphatic heterocycles. The van der Waals surface area contributed by atoms with Crippen molar-refractivity contribution in [1.29, 1.82) is 0 Å². The van der Waals surface area contributed by atoms with Crippen molar-refractivity contribution >= 4 is 7.25 Å². The Hall–Kier alpha value is -1.25. The molecule has 0 amide bonds. The van der Waals surface area contributed by atoms with Gasteiger partial charge in [-0.05, 0) is 29.7 Å². The van der Waals surface area contributed by atoms with Gasteiger partial charge in [0.15, 0.2) is 8.86 Å². The Labute approximate surface area is 246 Å². The molecule has 0 aliphatic carbocycles. The van der Waals surface area contributed by atoms with E-state index < -0.39 is 7.25 Å². The molecule has 0 N–H and O–H groups in total. The number of rotatable bonds is 22. The summed E-state index contributed by atoms with van der Waals surface area (Å²) in [6.45, 7) is 3.16. The Balaban J connectivity index is 0.00000139. The summed E-state index contributed by atoms with van der Waals surface area (Å²) < 4.78 is 47.5. The maximum Gasteiger partial charge on any atom is 0.673 e. The number of benzene rings is 2. The molecule has 1 nitrogen and oxygen atoms in total. The van der Waals surface area contributed by atoms with E-state index in [1.807, 2.05) is 0 Å². The first-order valence-electron chi connectivity index (χ1n) is 15.0. The zero-order chi connectivity index (χ0) is 28.4. The zero-order valence-electron chi connectivity index (χ0n) is 24.0. The molecule has 0 radical (unpaired) electrons. The summed E-state index contributed by atoms with van der Waals surface area (Å²) in [5.41, 5.74) is 2.94. The predicted octanol–water partition coefficient (Wildman–Crippen LogP) is 8.42. The molecule has 39 heavy (non-hydrogen) atoms. The van der Waals surface area contributed by atoms with Gasteiger partial charge in [-0.25, -0.2) is 0 Å². The minimum absolute atomic E-state index is 0.185. The summed E-state index contributed by atoms with van der Waals surface area (Å²) in [6.07, 6.45) is 22.6. The van der Waals surface area contributed by atoms with Gasteiger partial charge < -0.3 is 22.0 Å². The van der Waals surface area contributed by atoms with Crippen LogP contribution in [0.15, 0.2) is 54.6 Å². The molecule has 2 aromatic rings. The average Bonchev–Trinajstić information content (AvgIpc) is 2.91. The molecule has 222 valence electrons. The highest BCUT2D eigenvalue weighted by molar-refractivity contribution is 6.50. The molecule has 0 saturated carbocycles. The van der Waals surface area contributed by atoms with Gasteiger partial charge in [0.2, 0.25) is 0 Å². The number of unbranched alkanes of at least 4 members (excludes halogenated alkanes) is 15. The second-order valence-electron chi connectivity index (χ2n) is 10.2. The third-order valence-electron chi connectivity index (χ3n) is 6.53. The van der Waals surface area contributed by atoms with Gasteiger partial charge in [0, 0.05) is 0 Å². The van der Waals surface area contributed by atoms with Crippen LogP contribution < -0.4 is 25.9 Å². The van der Waals surface area contributed by atoms with E-state index >= 15 is 0 Å². The maximum atomic E-state index is 9.75. The molecule has 7 heteroatoms. The summed E-state index contributed by atoms with van der Waals surface area (Å²) in [5, 5.41) is 0. The normalized spacial score (nSPS) is 11.2. The lowest BCUT2D eigenvalue weighted by Gasteiger charge is -2.06. The average molecular weight is 664 g/mol. The zero-order valence-corrected chi connectivity index (χ0v) is 26.2. The van der Waals surface area contributed by atoms with Gasteiger partial charge in [0.1, 0.15) is 5.75 Å². The third kappa shape index (κ3) is 25.5. The first-order valence-corrected chi connectivity index (χ1v) is 18.1. The van der Waals surface area contributed by atoms with Crippen LogP contribution in [0.1, 0.15) is 121 Å². The van der Waals surface area contributed by atoms with Crippen molar-refractivity contribution in [2.45, 2.75) is 119 Å². The van der Waals surface area contributed by atoms with E-state index in [1.54, 1.807) is 0 Å². The van der Waals surface area contributed by atoms with E-state index in [0.717, 1.165) is 12.4 Å². The van der Waals surface area contributed by atoms with Crippen LogP contribution in [-0.4, -0.2) is 13.9 Å². The van der Waals surface area contributed by atoms with Gasteiger partial charge in [-0.15, -0.1) is 0 Å². The van der Waals surface area contributed by atoms with E-state index in [4.69, 9.17) is 4.74 Å². The van der Waals surface area contributed by atoms with Crippen LogP contribution in [0, 0.1) is 0 Å². The monoisotopic (exact) mass is 664 g/mol. The fraction of sp³-hybridized carbons (Fsp3) is 0.625. The van der Waals surface area contributed by atoms with Gasteiger partial charge in [-0.3, -0.25) is 0 Å². The van der Waals surface area contributed by atoms with Crippen LogP contribution in [0.3, 0.4) is 0 Å². The van der Waals surface area contributed by atoms with Gasteiger partial charge in [0.25, 0.3) is 21.2 Å². The maximum absolute atomic E-state index is 9.75. The van der Waals surface area contributed by atoms with Crippen LogP contribution in [-0.2, 0) is 8.86 Å². The molecule has 0 saturated heterocycles. The molecule has 0 spiro atoms. The second kappa shape index (κ2) is 24.5. The Bertz CT molecular complexity index is 781. The van der Waals surface area contributed by atoms with Crippen molar-refractivity contribution in [3.63, 3.8) is 0 Å². The molecule has 0 heterocycles. The van der Waals surface area contributed by atoms with E-state index in [9.17, 15) is 17.3 Å². The van der Waals surface area contributed by atoms with Gasteiger partial charge in [-0.2, -0.15) is 0 Å². The Morgan fingerprint density at radius 1 is 0.538 bits per heavy atom. The third-order valence-corrected chi connectivity index (χ3v) is 9.37. The first-order chi connectivity index (χ1) is 18.9. The number of ether oxygens (including phenoxy) is 1. The summed E-state index contributed by atoms with van der Waals surface area (Å²) in [6, 6.07) is 19.7. The molecule has 0 aromatic heterocycles. The molecule has 0 atom stereocenters. The van der Waals surface area contributed by atoms with Crippen LogP contribution in [0.5, 0.6) is 5.75 Å². The molecule has 2 aromatic carbocycles. The van der Waals surface area contributed by atoms with Crippen LogP contribution in [0.25, 0.3) is 0 Å². The lowest BCUT2D eigenvalue weighted by molar-refractivity contribution is -0.686. The molecule has 2 rings (SSSR count). The molecule has 0 aliphatic rings. The molecule has 0 unspecified atom stereocenters. The summed E-state index contributed by atoms with van der Waals surface area (Å²) in [5.74, 6) is 1.03. The Morgan fingerprint density at radius 3 is 1.36 bits per heavy atom. The van der Waals surface area contributed by atoms with E-state index in [-0.39, 0.29) is 21.2 Å². The lowest BCUT2D eigenvalue weighted by Crippen LogP contribution is -3.61. The predicted molar refractivity (Wildman–Crippen MR) is 156 cm³/mol. The summed E-state index contributed by atoms with van der Waals surface area (Å²) in [4.78, 5) is 0. The first kappa shape index (κ1) is 35.8. The van der Waals surface area contributed by atoms with Gasteiger partial charge in [0.05, 0.1) is 6.61 Å². The standard InChI is InChI=1S/C32H50IO.BF4/c1-2-3-4-5-6-7-8-9-10-11-12-13-14-15-16-20-27-34-32-25-23-31(24-26-32)29-33-28-30-21-18-17-19-22-30;2-1(3,4)5/h17-19,21-26H,2-16,20,27-29H2,1H3;/q+1;-1. The molecular formula is C32H50BF4IO. The smallest absolute Gasteiger partial charge is 0.494 e. The van der Waals surface area contributed by atoms with Crippen molar-refractivity contribution in [2.75, 3.05) is 6.61 Å². The topological polar surface area (TPSA) is 9.23 Å². The number of alkyl halides is 2. The highest BCUT2D eigenvalue weighted by atomic mass is 127. The van der Waals surface area contributed by atoms with Crippen molar-refractivity contribution in [1.82, 2.24) is 0 Å². The van der Waals surface area contributed by atoms with Crippen LogP contribution >= 0.6 is 0 Å². The second-order valence-corrected chi connectivity index (χ2v) is 12.8. The fourth-order valence-corrected chi connectivity index (χ4v) is 6.88. The molecular weight excluding hydrogens is 614 g/mol. The highest BCUT2D eigenvalue weighted by Crippen LogP contribution is 2.15. The Morgan fingerprint density at radius 2 is 0.923 bits per heavy atom. The SMILES string of the molecule is CCCCCCCCCCCCCCCCCCOc1ccc(C[I+]Cc2ccccc2)cc1.F[B-](F)(F)F. The van der Waals surface area contributed by atoms with Crippen molar-refractivity contribution < 1.29 is 43.2 Å². The van der Waals surface area contributed by atoms with Gasteiger partial charge >= 0.3 is 7.25 Å². The number of hydrogen-bond acceptors (Lipinski definition) is 1. The highest BCUT2D eigenvalue weighted by Gasteiger charge is 2.20. The van der Waals surface area contributed by atoms with E-state index in [1.165, 1.54) is 123 Å². The number of halogens is 5. The van der Waals surface area contributed by atoms with Crippen molar-refractivity contribution in [3.05, 3.63) is 65.7 Å². The van der Waals surface area contributed by atoms with Crippen molar-refractivity contribution in [3.8, 4) is 5.75 Å². The molecule has 0 fully saturated rings. The minimum Gasteiger partial charge on any atom is -0.494 e. The van der Waals surface area contributed by atoms with Gasteiger partial charge in [-0.1, -0.05) is 146 Å². The van der Waals surface area contributed by atoms with E-state index in [2.05, 4.69) is 61.5 Å². The minimum atomic E-state index is -6.00. The summed E-state index contributed by atoms with van der Waals surface area (Å²) in [7, 11) is -6.00. The largest absolute Gasteiger partial charge is 0.673 e. The Kier molecular flexibility index (Phi) is 22.5. The van der Waals surface area contributed by atoms with Crippen molar-refractivity contribution in [2.24, 2.45) is 0 Å². The quantitative estimate of drug-likeness (QED) is 0.0404.